The van der Waals surface area contributed by atoms with Crippen molar-refractivity contribution in [2.75, 3.05) is 5.32 Å². The molecule has 0 aliphatic rings. The van der Waals surface area contributed by atoms with E-state index >= 15 is 0 Å². The van der Waals surface area contributed by atoms with Crippen LogP contribution in [0.25, 0.3) is 0 Å². The molecule has 0 bridgehead atoms. The first-order valence-corrected chi connectivity index (χ1v) is 9.88. The first kappa shape index (κ1) is 25.5. The summed E-state index contributed by atoms with van der Waals surface area (Å²) < 4.78 is 39.2. The Morgan fingerprint density at radius 2 is 1.61 bits per heavy atom. The second-order valence-electron chi connectivity index (χ2n) is 7.53. The number of alkyl halides is 3. The number of pyridine rings is 1. The normalized spacial score (nSPS) is 12.2. The standard InChI is InChI=1S/C22H22F3N3O5/c1-13(2)19(20(32)22(23,24)25)27-17(30)12-28-16(9-6-10-18(28)31)26-21(33)15(29)11-14-7-4-3-5-8-14/h3-10,13,19H,11-12H2,1-2H3,(H,26,33)(H,27,30). The number of rotatable bonds is 9. The smallest absolute Gasteiger partial charge is 0.344 e. The van der Waals surface area contributed by atoms with Crippen LogP contribution in [0.15, 0.2) is 53.3 Å². The fraction of sp³-hybridized carbons (Fsp3) is 0.318. The molecule has 1 aromatic heterocycles. The summed E-state index contributed by atoms with van der Waals surface area (Å²) in [5.74, 6) is -6.08. The van der Waals surface area contributed by atoms with Crippen molar-refractivity contribution < 1.29 is 32.3 Å². The zero-order valence-corrected chi connectivity index (χ0v) is 17.8. The summed E-state index contributed by atoms with van der Waals surface area (Å²) in [7, 11) is 0. The van der Waals surface area contributed by atoms with Crippen LogP contribution in [-0.4, -0.2) is 40.2 Å². The number of aromatic nitrogens is 1. The minimum absolute atomic E-state index is 0.195. The Balaban J connectivity index is 2.16. The van der Waals surface area contributed by atoms with E-state index in [0.717, 1.165) is 10.6 Å². The Labute approximate surface area is 186 Å². The molecule has 2 N–H and O–H groups in total. The van der Waals surface area contributed by atoms with E-state index in [9.17, 15) is 37.1 Å². The molecule has 2 aromatic rings. The van der Waals surface area contributed by atoms with Gasteiger partial charge in [0.15, 0.2) is 0 Å². The van der Waals surface area contributed by atoms with Crippen LogP contribution in [-0.2, 0) is 32.1 Å². The van der Waals surface area contributed by atoms with Crippen LogP contribution >= 0.6 is 0 Å². The molecule has 1 heterocycles. The molecule has 0 radical (unpaired) electrons. The van der Waals surface area contributed by atoms with E-state index in [1.54, 1.807) is 30.3 Å². The van der Waals surface area contributed by atoms with Crippen molar-refractivity contribution in [1.29, 1.82) is 0 Å². The second-order valence-corrected chi connectivity index (χ2v) is 7.53. The lowest BCUT2D eigenvalue weighted by molar-refractivity contribution is -0.174. The molecular formula is C22H22F3N3O5. The zero-order chi connectivity index (χ0) is 24.8. The summed E-state index contributed by atoms with van der Waals surface area (Å²) in [4.78, 5) is 60.7. The number of carbonyl (C=O) groups excluding carboxylic acids is 4. The lowest BCUT2D eigenvalue weighted by Crippen LogP contribution is -2.50. The molecule has 33 heavy (non-hydrogen) atoms. The molecule has 0 fully saturated rings. The minimum atomic E-state index is -5.15. The van der Waals surface area contributed by atoms with Gasteiger partial charge in [-0.05, 0) is 17.5 Å². The number of hydrogen-bond acceptors (Lipinski definition) is 5. The van der Waals surface area contributed by atoms with Gasteiger partial charge in [0.2, 0.25) is 11.7 Å². The van der Waals surface area contributed by atoms with Crippen LogP contribution in [0.4, 0.5) is 19.0 Å². The number of amides is 2. The highest BCUT2D eigenvalue weighted by molar-refractivity contribution is 6.40. The molecule has 1 aromatic carbocycles. The molecule has 1 unspecified atom stereocenters. The lowest BCUT2D eigenvalue weighted by atomic mass is 9.99. The topological polar surface area (TPSA) is 114 Å². The van der Waals surface area contributed by atoms with Gasteiger partial charge in [-0.2, -0.15) is 13.2 Å². The SMILES string of the molecule is CC(C)C(NC(=O)Cn1c(NC(=O)C(=O)Cc2ccccc2)cccc1=O)C(=O)C(F)(F)F. The summed E-state index contributed by atoms with van der Waals surface area (Å²) >= 11 is 0. The van der Waals surface area contributed by atoms with Gasteiger partial charge in [0.25, 0.3) is 17.2 Å². The first-order valence-electron chi connectivity index (χ1n) is 9.88. The highest BCUT2D eigenvalue weighted by Crippen LogP contribution is 2.21. The Morgan fingerprint density at radius 1 is 0.970 bits per heavy atom. The summed E-state index contributed by atoms with van der Waals surface area (Å²) in [6, 6.07) is 10.2. The zero-order valence-electron chi connectivity index (χ0n) is 17.8. The van der Waals surface area contributed by atoms with Crippen molar-refractivity contribution in [3.63, 3.8) is 0 Å². The van der Waals surface area contributed by atoms with E-state index in [-0.39, 0.29) is 12.2 Å². The molecule has 11 heteroatoms. The summed E-state index contributed by atoms with van der Waals surface area (Å²) in [5.41, 5.74) is -0.154. The maximum absolute atomic E-state index is 12.8. The van der Waals surface area contributed by atoms with Crippen molar-refractivity contribution in [2.24, 2.45) is 5.92 Å². The van der Waals surface area contributed by atoms with Gasteiger partial charge in [-0.3, -0.25) is 28.5 Å². The maximum atomic E-state index is 12.8. The fourth-order valence-corrected chi connectivity index (χ4v) is 2.91. The van der Waals surface area contributed by atoms with Gasteiger partial charge in [0, 0.05) is 12.5 Å². The predicted octanol–water partition coefficient (Wildman–Crippen LogP) is 1.87. The Morgan fingerprint density at radius 3 is 2.18 bits per heavy atom. The first-order chi connectivity index (χ1) is 15.4. The number of nitrogens with zero attached hydrogens (tertiary/aromatic N) is 1. The molecule has 0 saturated carbocycles. The fourth-order valence-electron chi connectivity index (χ4n) is 2.91. The van der Waals surface area contributed by atoms with Gasteiger partial charge in [-0.25, -0.2) is 0 Å². The van der Waals surface area contributed by atoms with Crippen molar-refractivity contribution >= 4 is 29.2 Å². The number of anilines is 1. The number of nitrogens with one attached hydrogen (secondary N) is 2. The molecule has 0 spiro atoms. The van der Waals surface area contributed by atoms with Crippen molar-refractivity contribution in [1.82, 2.24) is 9.88 Å². The second kappa shape index (κ2) is 10.7. The lowest BCUT2D eigenvalue weighted by Gasteiger charge is -2.22. The molecule has 176 valence electrons. The van der Waals surface area contributed by atoms with E-state index < -0.39 is 53.6 Å². The third-order valence-electron chi connectivity index (χ3n) is 4.60. The Hall–Kier alpha value is -3.76. The Bertz CT molecular complexity index is 1090. The van der Waals surface area contributed by atoms with E-state index in [2.05, 4.69) is 5.32 Å². The van der Waals surface area contributed by atoms with Crippen LogP contribution in [0.2, 0.25) is 0 Å². The third kappa shape index (κ3) is 7.13. The quantitative estimate of drug-likeness (QED) is 0.549. The predicted molar refractivity (Wildman–Crippen MR) is 112 cm³/mol. The van der Waals surface area contributed by atoms with E-state index in [1.165, 1.54) is 26.0 Å². The number of Topliss-reactive ketones (excluding diaryl/α,β-unsaturated/α-hetero) is 2. The van der Waals surface area contributed by atoms with Gasteiger partial charge in [0.1, 0.15) is 12.4 Å². The monoisotopic (exact) mass is 465 g/mol. The summed E-state index contributed by atoms with van der Waals surface area (Å²) in [5, 5.41) is 4.23. The van der Waals surface area contributed by atoms with Crippen molar-refractivity contribution in [3.05, 3.63) is 64.4 Å². The molecule has 0 aliphatic heterocycles. The van der Waals surface area contributed by atoms with Crippen LogP contribution < -0.4 is 16.2 Å². The van der Waals surface area contributed by atoms with Crippen LogP contribution in [0, 0.1) is 5.92 Å². The van der Waals surface area contributed by atoms with E-state index in [0.29, 0.717) is 5.56 Å². The van der Waals surface area contributed by atoms with E-state index in [4.69, 9.17) is 0 Å². The average molecular weight is 465 g/mol. The number of benzene rings is 1. The number of halogens is 3. The van der Waals surface area contributed by atoms with Crippen LogP contribution in [0.3, 0.4) is 0 Å². The van der Waals surface area contributed by atoms with Gasteiger partial charge in [0.05, 0.1) is 6.04 Å². The molecule has 2 amide bonds. The summed E-state index contributed by atoms with van der Waals surface area (Å²) in [6.45, 7) is 1.87. The number of hydrogen-bond donors (Lipinski definition) is 2. The maximum Gasteiger partial charge on any atom is 0.452 e. The van der Waals surface area contributed by atoms with Crippen LogP contribution in [0.1, 0.15) is 19.4 Å². The van der Waals surface area contributed by atoms with Gasteiger partial charge in [-0.1, -0.05) is 50.2 Å². The molecule has 0 saturated heterocycles. The largest absolute Gasteiger partial charge is 0.452 e. The highest BCUT2D eigenvalue weighted by Gasteiger charge is 2.45. The van der Waals surface area contributed by atoms with Crippen molar-refractivity contribution in [3.8, 4) is 0 Å². The number of carbonyl (C=O) groups is 4. The van der Waals surface area contributed by atoms with Gasteiger partial charge >= 0.3 is 6.18 Å². The molecule has 8 nitrogen and oxygen atoms in total. The molecule has 1 atom stereocenters. The third-order valence-corrected chi connectivity index (χ3v) is 4.60. The summed E-state index contributed by atoms with van der Waals surface area (Å²) in [6.07, 6.45) is -5.34. The number of ketones is 2. The Kier molecular flexibility index (Phi) is 8.27. The van der Waals surface area contributed by atoms with Gasteiger partial charge < -0.3 is 10.6 Å². The molecular weight excluding hydrogens is 443 g/mol. The van der Waals surface area contributed by atoms with Crippen molar-refractivity contribution in [2.45, 2.75) is 39.0 Å². The minimum Gasteiger partial charge on any atom is -0.344 e. The van der Waals surface area contributed by atoms with Gasteiger partial charge in [-0.15, -0.1) is 0 Å². The average Bonchev–Trinajstić information content (AvgIpc) is 2.73. The van der Waals surface area contributed by atoms with Crippen LogP contribution in [0.5, 0.6) is 0 Å². The molecule has 2 rings (SSSR count). The molecule has 0 aliphatic carbocycles. The van der Waals surface area contributed by atoms with E-state index in [1.807, 2.05) is 5.32 Å². The highest BCUT2D eigenvalue weighted by atomic mass is 19.4.